The van der Waals surface area contributed by atoms with Crippen LogP contribution in [0, 0.1) is 5.82 Å². The number of halogens is 1. The van der Waals surface area contributed by atoms with Crippen molar-refractivity contribution in [3.8, 4) is 0 Å². The number of carbonyl (C=O) groups is 1. The first kappa shape index (κ1) is 16.7. The molecule has 1 aromatic carbocycles. The minimum atomic E-state index is -0.415. The fourth-order valence-corrected chi connectivity index (χ4v) is 2.90. The number of para-hydroxylation sites is 1. The maximum atomic E-state index is 13.6. The second-order valence-electron chi connectivity index (χ2n) is 6.04. The lowest BCUT2D eigenvalue weighted by Gasteiger charge is -2.37. The third-order valence-corrected chi connectivity index (χ3v) is 4.43. The van der Waals surface area contributed by atoms with Gasteiger partial charge in [-0.15, -0.1) is 0 Å². The van der Waals surface area contributed by atoms with Crippen LogP contribution in [0.15, 0.2) is 47.1 Å². The molecule has 3 rings (SSSR count). The summed E-state index contributed by atoms with van der Waals surface area (Å²) in [7, 11) is 0. The van der Waals surface area contributed by atoms with Crippen LogP contribution in [-0.2, 0) is 11.3 Å². The van der Waals surface area contributed by atoms with Crippen LogP contribution in [0.1, 0.15) is 12.7 Å². The summed E-state index contributed by atoms with van der Waals surface area (Å²) in [6.07, 6.45) is 1.68. The molecule has 1 saturated heterocycles. The third kappa shape index (κ3) is 4.01. The molecule has 0 bridgehead atoms. The number of benzene rings is 1. The number of piperazine rings is 1. The number of nitrogens with zero attached hydrogens (tertiary/aromatic N) is 2. The molecular formula is C18H22FN3O2. The Hall–Kier alpha value is -2.18. The molecule has 0 aliphatic carbocycles. The van der Waals surface area contributed by atoms with E-state index in [1.807, 2.05) is 19.1 Å². The van der Waals surface area contributed by atoms with Gasteiger partial charge in [0.05, 0.1) is 24.5 Å². The maximum absolute atomic E-state index is 13.6. The highest BCUT2D eigenvalue weighted by molar-refractivity contribution is 5.94. The van der Waals surface area contributed by atoms with E-state index in [1.165, 1.54) is 6.07 Å². The number of carbonyl (C=O) groups excluding carboxylic acids is 1. The Balaban J connectivity index is 1.50. The van der Waals surface area contributed by atoms with Crippen molar-refractivity contribution in [1.82, 2.24) is 9.80 Å². The van der Waals surface area contributed by atoms with Crippen LogP contribution in [0.5, 0.6) is 0 Å². The van der Waals surface area contributed by atoms with E-state index in [1.54, 1.807) is 24.5 Å². The van der Waals surface area contributed by atoms with Crippen LogP contribution >= 0.6 is 0 Å². The highest BCUT2D eigenvalue weighted by atomic mass is 19.1. The smallest absolute Gasteiger partial charge is 0.241 e. The standard InChI is InChI=1S/C18H22FN3O2/c1-14(18(23)20-17-7-3-2-6-16(17)19)22-10-8-21(9-11-22)13-15-5-4-12-24-15/h2-7,12,14H,8-11,13H2,1H3,(H,20,23). The molecule has 1 aliphatic rings. The summed E-state index contributed by atoms with van der Waals surface area (Å²) in [4.78, 5) is 16.8. The van der Waals surface area contributed by atoms with Gasteiger partial charge in [0.25, 0.3) is 0 Å². The van der Waals surface area contributed by atoms with Crippen LogP contribution in [0.2, 0.25) is 0 Å². The summed E-state index contributed by atoms with van der Waals surface area (Å²) >= 11 is 0. The Kier molecular flexibility index (Phi) is 5.27. The van der Waals surface area contributed by atoms with E-state index in [2.05, 4.69) is 15.1 Å². The lowest BCUT2D eigenvalue weighted by molar-refractivity contribution is -0.121. The fourth-order valence-electron chi connectivity index (χ4n) is 2.90. The normalized spacial score (nSPS) is 17.6. The van der Waals surface area contributed by atoms with Gasteiger partial charge in [-0.3, -0.25) is 14.6 Å². The van der Waals surface area contributed by atoms with Gasteiger partial charge in [-0.05, 0) is 31.2 Å². The maximum Gasteiger partial charge on any atom is 0.241 e. The van der Waals surface area contributed by atoms with Crippen molar-refractivity contribution >= 4 is 11.6 Å². The second-order valence-corrected chi connectivity index (χ2v) is 6.04. The van der Waals surface area contributed by atoms with Gasteiger partial charge in [-0.1, -0.05) is 12.1 Å². The van der Waals surface area contributed by atoms with E-state index < -0.39 is 5.82 Å². The molecule has 1 atom stereocenters. The largest absolute Gasteiger partial charge is 0.468 e. The molecule has 6 heteroatoms. The molecule has 0 saturated carbocycles. The summed E-state index contributed by atoms with van der Waals surface area (Å²) in [6, 6.07) is 9.78. The average Bonchev–Trinajstić information content (AvgIpc) is 3.10. The predicted octanol–water partition coefficient (Wildman–Crippen LogP) is 2.56. The number of amides is 1. The van der Waals surface area contributed by atoms with E-state index in [4.69, 9.17) is 4.42 Å². The zero-order valence-electron chi connectivity index (χ0n) is 13.7. The van der Waals surface area contributed by atoms with Gasteiger partial charge in [-0.25, -0.2) is 4.39 Å². The highest BCUT2D eigenvalue weighted by Crippen LogP contribution is 2.15. The number of nitrogens with one attached hydrogen (secondary N) is 1. The van der Waals surface area contributed by atoms with Gasteiger partial charge in [0.1, 0.15) is 11.6 Å². The van der Waals surface area contributed by atoms with Gasteiger partial charge >= 0.3 is 0 Å². The first-order valence-electron chi connectivity index (χ1n) is 8.17. The summed E-state index contributed by atoms with van der Waals surface area (Å²) in [6.45, 7) is 5.99. The van der Waals surface area contributed by atoms with Crippen molar-refractivity contribution in [2.45, 2.75) is 19.5 Å². The molecule has 1 aliphatic heterocycles. The van der Waals surface area contributed by atoms with Crippen molar-refractivity contribution in [3.05, 3.63) is 54.2 Å². The lowest BCUT2D eigenvalue weighted by Crippen LogP contribution is -2.52. The number of hydrogen-bond acceptors (Lipinski definition) is 4. The molecule has 2 aromatic rings. The van der Waals surface area contributed by atoms with Gasteiger partial charge in [-0.2, -0.15) is 0 Å². The number of rotatable bonds is 5. The molecule has 0 radical (unpaired) electrons. The summed E-state index contributed by atoms with van der Waals surface area (Å²) in [5, 5.41) is 2.67. The number of furan rings is 1. The van der Waals surface area contributed by atoms with Crippen molar-refractivity contribution in [2.24, 2.45) is 0 Å². The average molecular weight is 331 g/mol. The quantitative estimate of drug-likeness (QED) is 0.915. The molecule has 24 heavy (non-hydrogen) atoms. The molecule has 1 fully saturated rings. The molecule has 5 nitrogen and oxygen atoms in total. The molecule has 1 N–H and O–H groups in total. The van der Waals surface area contributed by atoms with Gasteiger partial charge < -0.3 is 9.73 Å². The first-order chi connectivity index (χ1) is 11.6. The molecule has 2 heterocycles. The van der Waals surface area contributed by atoms with Crippen molar-refractivity contribution in [2.75, 3.05) is 31.5 Å². The van der Waals surface area contributed by atoms with Crippen LogP contribution in [0.25, 0.3) is 0 Å². The van der Waals surface area contributed by atoms with Crippen LogP contribution in [0.4, 0.5) is 10.1 Å². The monoisotopic (exact) mass is 331 g/mol. The van der Waals surface area contributed by atoms with Crippen LogP contribution < -0.4 is 5.32 Å². The first-order valence-corrected chi connectivity index (χ1v) is 8.17. The van der Waals surface area contributed by atoms with E-state index in [9.17, 15) is 9.18 Å². The van der Waals surface area contributed by atoms with E-state index in [0.29, 0.717) is 0 Å². The number of anilines is 1. The molecule has 0 spiro atoms. The fraction of sp³-hybridized carbons (Fsp3) is 0.389. The van der Waals surface area contributed by atoms with Crippen molar-refractivity contribution in [1.29, 1.82) is 0 Å². The van der Waals surface area contributed by atoms with E-state index in [0.717, 1.165) is 38.5 Å². The zero-order valence-corrected chi connectivity index (χ0v) is 13.7. The Morgan fingerprint density at radius 3 is 2.62 bits per heavy atom. The lowest BCUT2D eigenvalue weighted by atomic mass is 10.2. The minimum absolute atomic E-state index is 0.181. The SMILES string of the molecule is CC(C(=O)Nc1ccccc1F)N1CCN(Cc2ccco2)CC1. The summed E-state index contributed by atoms with van der Waals surface area (Å²) in [5.41, 5.74) is 0.228. The van der Waals surface area contributed by atoms with E-state index >= 15 is 0 Å². The van der Waals surface area contributed by atoms with Crippen molar-refractivity contribution < 1.29 is 13.6 Å². The highest BCUT2D eigenvalue weighted by Gasteiger charge is 2.26. The molecule has 1 unspecified atom stereocenters. The Labute approximate surface area is 141 Å². The Morgan fingerprint density at radius 1 is 1.21 bits per heavy atom. The van der Waals surface area contributed by atoms with Crippen molar-refractivity contribution in [3.63, 3.8) is 0 Å². The molecule has 128 valence electrons. The number of hydrogen-bond donors (Lipinski definition) is 1. The topological polar surface area (TPSA) is 48.7 Å². The van der Waals surface area contributed by atoms with Crippen LogP contribution in [-0.4, -0.2) is 47.9 Å². The molecular weight excluding hydrogens is 309 g/mol. The van der Waals surface area contributed by atoms with Gasteiger partial charge in [0, 0.05) is 26.2 Å². The Morgan fingerprint density at radius 2 is 1.96 bits per heavy atom. The molecule has 1 aromatic heterocycles. The van der Waals surface area contributed by atoms with Gasteiger partial charge in [0.2, 0.25) is 5.91 Å². The summed E-state index contributed by atoms with van der Waals surface area (Å²) in [5.74, 6) is 0.356. The molecule has 1 amide bonds. The summed E-state index contributed by atoms with van der Waals surface area (Å²) < 4.78 is 19.0. The predicted molar refractivity (Wildman–Crippen MR) is 90.0 cm³/mol. The second kappa shape index (κ2) is 7.59. The third-order valence-electron chi connectivity index (χ3n) is 4.43. The van der Waals surface area contributed by atoms with Crippen LogP contribution in [0.3, 0.4) is 0 Å². The van der Waals surface area contributed by atoms with Gasteiger partial charge in [0.15, 0.2) is 0 Å². The Bertz CT molecular complexity index is 667. The van der Waals surface area contributed by atoms with E-state index in [-0.39, 0.29) is 17.6 Å². The minimum Gasteiger partial charge on any atom is -0.468 e. The zero-order chi connectivity index (χ0) is 16.9.